The van der Waals surface area contributed by atoms with E-state index in [9.17, 15) is 9.59 Å². The molecule has 0 radical (unpaired) electrons. The summed E-state index contributed by atoms with van der Waals surface area (Å²) in [6.45, 7) is 2.81. The molecule has 3 rings (SSSR count). The van der Waals surface area contributed by atoms with Crippen LogP contribution in [0.5, 0.6) is 0 Å². The Morgan fingerprint density at radius 1 is 1.09 bits per heavy atom. The Morgan fingerprint density at radius 3 is 2.35 bits per heavy atom. The number of benzene rings is 1. The molecule has 2 aliphatic rings. The Hall–Kier alpha value is -1.79. The highest BCUT2D eigenvalue weighted by atomic mass is 35.5. The molecule has 0 aromatic heterocycles. The van der Waals surface area contributed by atoms with Crippen LogP contribution < -0.4 is 5.32 Å². The highest BCUT2D eigenvalue weighted by Crippen LogP contribution is 2.17. The third-order valence-electron chi connectivity index (χ3n) is 4.18. The SMILES string of the molecule is O=C(Nc1ccc(Cl)cc1)N1CCN(C(=O)[C@H]2CCCO2)CC1. The van der Waals surface area contributed by atoms with E-state index < -0.39 is 0 Å². The van der Waals surface area contributed by atoms with Crippen LogP contribution in [0.4, 0.5) is 10.5 Å². The number of urea groups is 1. The highest BCUT2D eigenvalue weighted by molar-refractivity contribution is 6.30. The molecule has 0 bridgehead atoms. The maximum Gasteiger partial charge on any atom is 0.321 e. The van der Waals surface area contributed by atoms with Crippen molar-refractivity contribution in [3.8, 4) is 0 Å². The van der Waals surface area contributed by atoms with Crippen LogP contribution in [-0.4, -0.2) is 60.6 Å². The van der Waals surface area contributed by atoms with Crippen LogP contribution >= 0.6 is 11.6 Å². The van der Waals surface area contributed by atoms with Gasteiger partial charge in [0.25, 0.3) is 5.91 Å². The van der Waals surface area contributed by atoms with Gasteiger partial charge in [0.05, 0.1) is 0 Å². The Labute approximate surface area is 140 Å². The van der Waals surface area contributed by atoms with E-state index in [4.69, 9.17) is 16.3 Å². The second-order valence-corrected chi connectivity index (χ2v) is 6.19. The number of carbonyl (C=O) groups excluding carboxylic acids is 2. The number of ether oxygens (including phenoxy) is 1. The van der Waals surface area contributed by atoms with Gasteiger partial charge < -0.3 is 19.9 Å². The highest BCUT2D eigenvalue weighted by Gasteiger charge is 2.31. The van der Waals surface area contributed by atoms with Crippen molar-refractivity contribution < 1.29 is 14.3 Å². The molecule has 0 saturated carbocycles. The number of rotatable bonds is 2. The van der Waals surface area contributed by atoms with Gasteiger partial charge in [0.15, 0.2) is 0 Å². The number of nitrogens with zero attached hydrogens (tertiary/aromatic N) is 2. The van der Waals surface area contributed by atoms with E-state index in [1.807, 2.05) is 0 Å². The molecule has 2 heterocycles. The van der Waals surface area contributed by atoms with Crippen molar-refractivity contribution in [2.75, 3.05) is 38.1 Å². The van der Waals surface area contributed by atoms with Gasteiger partial charge in [0.2, 0.25) is 0 Å². The average Bonchev–Trinajstić information content (AvgIpc) is 3.11. The lowest BCUT2D eigenvalue weighted by molar-refractivity contribution is -0.142. The van der Waals surface area contributed by atoms with E-state index >= 15 is 0 Å². The summed E-state index contributed by atoms with van der Waals surface area (Å²) in [4.78, 5) is 28.0. The molecule has 0 unspecified atom stereocenters. The number of carbonyl (C=O) groups is 2. The van der Waals surface area contributed by atoms with Gasteiger partial charge in [0, 0.05) is 43.5 Å². The summed E-state index contributed by atoms with van der Waals surface area (Å²) in [5, 5.41) is 3.47. The van der Waals surface area contributed by atoms with E-state index in [2.05, 4.69) is 5.32 Å². The van der Waals surface area contributed by atoms with Crippen molar-refractivity contribution in [1.29, 1.82) is 0 Å². The number of hydrogen-bond acceptors (Lipinski definition) is 3. The summed E-state index contributed by atoms with van der Waals surface area (Å²) in [5.41, 5.74) is 0.706. The van der Waals surface area contributed by atoms with Gasteiger partial charge in [0.1, 0.15) is 6.10 Å². The van der Waals surface area contributed by atoms with Crippen molar-refractivity contribution in [2.45, 2.75) is 18.9 Å². The van der Waals surface area contributed by atoms with Crippen molar-refractivity contribution >= 4 is 29.2 Å². The summed E-state index contributed by atoms with van der Waals surface area (Å²) in [6, 6.07) is 6.83. The maximum atomic E-state index is 12.3. The fourth-order valence-electron chi connectivity index (χ4n) is 2.84. The number of halogens is 1. The first-order chi connectivity index (χ1) is 11.1. The first-order valence-corrected chi connectivity index (χ1v) is 8.23. The third-order valence-corrected chi connectivity index (χ3v) is 4.43. The van der Waals surface area contributed by atoms with Crippen molar-refractivity contribution in [3.05, 3.63) is 29.3 Å². The summed E-state index contributed by atoms with van der Waals surface area (Å²) in [7, 11) is 0. The predicted octanol–water partition coefficient (Wildman–Crippen LogP) is 2.20. The van der Waals surface area contributed by atoms with E-state index in [1.165, 1.54) is 0 Å². The van der Waals surface area contributed by atoms with Crippen molar-refractivity contribution in [2.24, 2.45) is 0 Å². The number of nitrogens with one attached hydrogen (secondary N) is 1. The first kappa shape index (κ1) is 16.1. The van der Waals surface area contributed by atoms with Crippen LogP contribution in [0.2, 0.25) is 5.02 Å². The van der Waals surface area contributed by atoms with Gasteiger partial charge in [-0.25, -0.2) is 4.79 Å². The van der Waals surface area contributed by atoms with Crippen molar-refractivity contribution in [1.82, 2.24) is 9.80 Å². The molecule has 0 aliphatic carbocycles. The molecule has 0 spiro atoms. The molecule has 2 aliphatic heterocycles. The standard InChI is InChI=1S/C16H20ClN3O3/c17-12-3-5-13(6-4-12)18-16(22)20-9-7-19(8-10-20)15(21)14-2-1-11-23-14/h3-6,14H,1-2,7-11H2,(H,18,22)/t14-/m1/s1. The fraction of sp³-hybridized carbons (Fsp3) is 0.500. The quantitative estimate of drug-likeness (QED) is 0.900. The molecule has 2 saturated heterocycles. The van der Waals surface area contributed by atoms with Crippen LogP contribution in [0.3, 0.4) is 0 Å². The number of piperazine rings is 1. The summed E-state index contributed by atoms with van der Waals surface area (Å²) in [6.07, 6.45) is 1.46. The zero-order valence-electron chi connectivity index (χ0n) is 12.8. The fourth-order valence-corrected chi connectivity index (χ4v) is 2.97. The van der Waals surface area contributed by atoms with Crippen LogP contribution in [0, 0.1) is 0 Å². The molecular formula is C16H20ClN3O3. The lowest BCUT2D eigenvalue weighted by atomic mass is 10.2. The van der Waals surface area contributed by atoms with E-state index in [1.54, 1.807) is 34.1 Å². The molecule has 1 aromatic carbocycles. The Bertz CT molecular complexity index is 564. The topological polar surface area (TPSA) is 61.9 Å². The molecule has 7 heteroatoms. The Morgan fingerprint density at radius 2 is 1.74 bits per heavy atom. The van der Waals surface area contributed by atoms with Crippen molar-refractivity contribution in [3.63, 3.8) is 0 Å². The minimum absolute atomic E-state index is 0.0558. The largest absolute Gasteiger partial charge is 0.368 e. The number of amides is 3. The predicted molar refractivity (Wildman–Crippen MR) is 87.6 cm³/mol. The van der Waals surface area contributed by atoms with Crippen LogP contribution in [-0.2, 0) is 9.53 Å². The molecule has 3 amide bonds. The lowest BCUT2D eigenvalue weighted by Gasteiger charge is -2.35. The number of hydrogen-bond donors (Lipinski definition) is 1. The summed E-state index contributed by atoms with van der Waals surface area (Å²) >= 11 is 5.83. The van der Waals surface area contributed by atoms with E-state index in [0.29, 0.717) is 43.5 Å². The third kappa shape index (κ3) is 3.95. The van der Waals surface area contributed by atoms with Gasteiger partial charge in [-0.2, -0.15) is 0 Å². The first-order valence-electron chi connectivity index (χ1n) is 7.85. The minimum Gasteiger partial charge on any atom is -0.368 e. The minimum atomic E-state index is -0.288. The maximum absolute atomic E-state index is 12.3. The molecule has 1 N–H and O–H groups in total. The van der Waals surface area contributed by atoms with E-state index in [-0.39, 0.29) is 18.0 Å². The zero-order chi connectivity index (χ0) is 16.2. The summed E-state index contributed by atoms with van der Waals surface area (Å²) < 4.78 is 5.44. The van der Waals surface area contributed by atoms with Gasteiger partial charge in [-0.1, -0.05) is 11.6 Å². The average molecular weight is 338 g/mol. The molecule has 124 valence electrons. The van der Waals surface area contributed by atoms with Gasteiger partial charge in [-0.15, -0.1) is 0 Å². The molecular weight excluding hydrogens is 318 g/mol. The van der Waals surface area contributed by atoms with Crippen LogP contribution in [0.25, 0.3) is 0 Å². The van der Waals surface area contributed by atoms with Crippen LogP contribution in [0.1, 0.15) is 12.8 Å². The zero-order valence-corrected chi connectivity index (χ0v) is 13.6. The smallest absolute Gasteiger partial charge is 0.321 e. The molecule has 23 heavy (non-hydrogen) atoms. The molecule has 1 aromatic rings. The molecule has 6 nitrogen and oxygen atoms in total. The van der Waals surface area contributed by atoms with Crippen LogP contribution in [0.15, 0.2) is 24.3 Å². The summed E-state index contributed by atoms with van der Waals surface area (Å²) in [5.74, 6) is 0.0558. The van der Waals surface area contributed by atoms with Gasteiger partial charge in [-0.3, -0.25) is 4.79 Å². The van der Waals surface area contributed by atoms with Gasteiger partial charge in [-0.05, 0) is 37.1 Å². The second-order valence-electron chi connectivity index (χ2n) is 5.75. The Balaban J connectivity index is 1.49. The second kappa shape index (κ2) is 7.19. The molecule has 2 fully saturated rings. The Kier molecular flexibility index (Phi) is 5.03. The molecule has 1 atom stereocenters. The number of anilines is 1. The lowest BCUT2D eigenvalue weighted by Crippen LogP contribution is -2.53. The normalized spacial score (nSPS) is 21.3. The van der Waals surface area contributed by atoms with E-state index in [0.717, 1.165) is 12.8 Å². The monoisotopic (exact) mass is 337 g/mol. The van der Waals surface area contributed by atoms with Gasteiger partial charge >= 0.3 is 6.03 Å².